The summed E-state index contributed by atoms with van der Waals surface area (Å²) in [6, 6.07) is 13.5. The quantitative estimate of drug-likeness (QED) is 0.515. The van der Waals surface area contributed by atoms with Crippen LogP contribution in [0, 0.1) is 13.8 Å². The number of thiazole rings is 1. The standard InChI is InChI=1S/C17H18.C3H3NS/c1-11-9-14-13-7-5-6-8-15(13)17(3,4)16(14)10-12(11)2;1-2-5-3-4-1/h5-10H,1-4H3;1-3H. The van der Waals surface area contributed by atoms with Crippen molar-refractivity contribution in [2.24, 2.45) is 0 Å². The van der Waals surface area contributed by atoms with E-state index in [1.54, 1.807) is 23.0 Å². The van der Waals surface area contributed by atoms with Crippen LogP contribution in [0.15, 0.2) is 53.5 Å². The molecule has 0 radical (unpaired) electrons. The molecule has 0 bridgehead atoms. The first kappa shape index (κ1) is 15.0. The van der Waals surface area contributed by atoms with Gasteiger partial charge in [0.25, 0.3) is 0 Å². The molecule has 0 fully saturated rings. The molecule has 1 aliphatic carbocycles. The van der Waals surface area contributed by atoms with E-state index in [-0.39, 0.29) is 5.41 Å². The first-order chi connectivity index (χ1) is 10.5. The minimum absolute atomic E-state index is 0.143. The van der Waals surface area contributed by atoms with E-state index in [1.807, 2.05) is 5.38 Å². The van der Waals surface area contributed by atoms with E-state index in [2.05, 4.69) is 69.1 Å². The van der Waals surface area contributed by atoms with Crippen molar-refractivity contribution in [1.29, 1.82) is 0 Å². The van der Waals surface area contributed by atoms with E-state index in [0.717, 1.165) is 0 Å². The van der Waals surface area contributed by atoms with Crippen LogP contribution in [-0.2, 0) is 5.41 Å². The Bertz CT molecular complexity index is 768. The zero-order valence-corrected chi connectivity index (χ0v) is 14.4. The highest BCUT2D eigenvalue weighted by molar-refractivity contribution is 7.07. The Morgan fingerprint density at radius 2 is 1.64 bits per heavy atom. The Balaban J connectivity index is 0.000000246. The lowest BCUT2D eigenvalue weighted by Gasteiger charge is -2.22. The molecule has 3 aromatic rings. The third kappa shape index (κ3) is 2.48. The summed E-state index contributed by atoms with van der Waals surface area (Å²) in [5, 5.41) is 1.93. The predicted molar refractivity (Wildman–Crippen MR) is 95.6 cm³/mol. The van der Waals surface area contributed by atoms with Gasteiger partial charge in [-0.2, -0.15) is 0 Å². The average molecular weight is 307 g/mol. The average Bonchev–Trinajstić information content (AvgIpc) is 3.14. The number of benzene rings is 2. The molecule has 1 aromatic heterocycles. The fraction of sp³-hybridized carbons (Fsp3) is 0.250. The number of hydrogen-bond acceptors (Lipinski definition) is 2. The Morgan fingerprint density at radius 3 is 2.27 bits per heavy atom. The monoisotopic (exact) mass is 307 g/mol. The Labute approximate surface area is 136 Å². The molecule has 0 aliphatic heterocycles. The van der Waals surface area contributed by atoms with Crippen molar-refractivity contribution in [2.45, 2.75) is 33.1 Å². The Morgan fingerprint density at radius 1 is 0.909 bits per heavy atom. The van der Waals surface area contributed by atoms with Crippen LogP contribution < -0.4 is 0 Å². The number of aryl methyl sites for hydroxylation is 2. The second-order valence-corrected chi connectivity index (χ2v) is 7.08. The summed E-state index contributed by atoms with van der Waals surface area (Å²) in [6.07, 6.45) is 1.77. The summed E-state index contributed by atoms with van der Waals surface area (Å²) in [7, 11) is 0. The van der Waals surface area contributed by atoms with Gasteiger partial charge in [-0.25, -0.2) is 0 Å². The van der Waals surface area contributed by atoms with E-state index < -0.39 is 0 Å². The molecule has 22 heavy (non-hydrogen) atoms. The first-order valence-corrected chi connectivity index (χ1v) is 8.50. The number of nitrogens with zero attached hydrogens (tertiary/aromatic N) is 1. The Kier molecular flexibility index (Phi) is 3.88. The minimum Gasteiger partial charge on any atom is -0.253 e. The van der Waals surface area contributed by atoms with Gasteiger partial charge in [0.15, 0.2) is 0 Å². The first-order valence-electron chi connectivity index (χ1n) is 7.55. The van der Waals surface area contributed by atoms with Crippen LogP contribution in [0.5, 0.6) is 0 Å². The van der Waals surface area contributed by atoms with E-state index in [4.69, 9.17) is 0 Å². The highest BCUT2D eigenvalue weighted by Gasteiger charge is 2.35. The molecule has 112 valence electrons. The van der Waals surface area contributed by atoms with Crippen LogP contribution in [0.1, 0.15) is 36.1 Å². The fourth-order valence-corrected chi connectivity index (χ4v) is 3.49. The van der Waals surface area contributed by atoms with Gasteiger partial charge >= 0.3 is 0 Å². The van der Waals surface area contributed by atoms with Crippen molar-refractivity contribution >= 4 is 11.3 Å². The highest BCUT2D eigenvalue weighted by atomic mass is 32.1. The fourth-order valence-electron chi connectivity index (χ4n) is 3.14. The molecule has 0 saturated carbocycles. The van der Waals surface area contributed by atoms with Crippen LogP contribution in [0.2, 0.25) is 0 Å². The molecule has 1 aliphatic rings. The predicted octanol–water partition coefficient (Wildman–Crippen LogP) is 5.75. The van der Waals surface area contributed by atoms with Gasteiger partial charge in [0, 0.05) is 17.0 Å². The number of fused-ring (bicyclic) bond motifs is 3. The maximum absolute atomic E-state index is 3.74. The molecule has 0 amide bonds. The lowest BCUT2D eigenvalue weighted by atomic mass is 9.82. The largest absolute Gasteiger partial charge is 0.253 e. The maximum Gasteiger partial charge on any atom is 0.0791 e. The van der Waals surface area contributed by atoms with E-state index >= 15 is 0 Å². The summed E-state index contributed by atoms with van der Waals surface area (Å²) in [5.74, 6) is 0. The molecule has 0 spiro atoms. The highest BCUT2D eigenvalue weighted by Crippen LogP contribution is 2.49. The van der Waals surface area contributed by atoms with E-state index in [9.17, 15) is 0 Å². The van der Waals surface area contributed by atoms with Crippen LogP contribution >= 0.6 is 11.3 Å². The van der Waals surface area contributed by atoms with Gasteiger partial charge in [-0.3, -0.25) is 4.98 Å². The van der Waals surface area contributed by atoms with Crippen LogP contribution in [0.4, 0.5) is 0 Å². The Hall–Kier alpha value is -1.93. The third-order valence-corrected chi connectivity index (χ3v) is 5.07. The van der Waals surface area contributed by atoms with Crippen molar-refractivity contribution in [1.82, 2.24) is 4.98 Å². The lowest BCUT2D eigenvalue weighted by Crippen LogP contribution is -2.15. The van der Waals surface area contributed by atoms with Crippen molar-refractivity contribution in [3.8, 4) is 11.1 Å². The van der Waals surface area contributed by atoms with Crippen molar-refractivity contribution in [2.75, 3.05) is 0 Å². The summed E-state index contributed by atoms with van der Waals surface area (Å²) < 4.78 is 0. The van der Waals surface area contributed by atoms with Gasteiger partial charge in [-0.1, -0.05) is 50.2 Å². The third-order valence-electron chi connectivity index (χ3n) is 4.54. The van der Waals surface area contributed by atoms with E-state index in [0.29, 0.717) is 0 Å². The summed E-state index contributed by atoms with van der Waals surface area (Å²) in [6.45, 7) is 9.05. The second kappa shape index (κ2) is 5.69. The van der Waals surface area contributed by atoms with Crippen LogP contribution in [0.3, 0.4) is 0 Å². The second-order valence-electron chi connectivity index (χ2n) is 6.33. The normalized spacial score (nSPS) is 13.8. The van der Waals surface area contributed by atoms with Crippen molar-refractivity contribution in [3.63, 3.8) is 0 Å². The van der Waals surface area contributed by atoms with Gasteiger partial charge in [-0.05, 0) is 47.2 Å². The maximum atomic E-state index is 3.74. The molecule has 4 rings (SSSR count). The number of hydrogen-bond donors (Lipinski definition) is 0. The van der Waals surface area contributed by atoms with E-state index in [1.165, 1.54) is 33.4 Å². The zero-order chi connectivity index (χ0) is 15.7. The van der Waals surface area contributed by atoms with Crippen molar-refractivity contribution < 1.29 is 0 Å². The van der Waals surface area contributed by atoms with Gasteiger partial charge in [0.05, 0.1) is 5.51 Å². The summed E-state index contributed by atoms with van der Waals surface area (Å²) in [5.41, 5.74) is 10.5. The lowest BCUT2D eigenvalue weighted by molar-refractivity contribution is 0.659. The van der Waals surface area contributed by atoms with Gasteiger partial charge < -0.3 is 0 Å². The molecule has 2 heteroatoms. The van der Waals surface area contributed by atoms with Gasteiger partial charge in [-0.15, -0.1) is 11.3 Å². The zero-order valence-electron chi connectivity index (χ0n) is 13.6. The topological polar surface area (TPSA) is 12.9 Å². The molecule has 1 heterocycles. The van der Waals surface area contributed by atoms with Gasteiger partial charge in [0.1, 0.15) is 0 Å². The molecule has 0 saturated heterocycles. The summed E-state index contributed by atoms with van der Waals surface area (Å²) in [4.78, 5) is 3.74. The molecule has 2 aromatic carbocycles. The van der Waals surface area contributed by atoms with Crippen LogP contribution in [0.25, 0.3) is 11.1 Å². The molecular weight excluding hydrogens is 286 g/mol. The number of aromatic nitrogens is 1. The molecule has 1 nitrogen and oxygen atoms in total. The molecule has 0 unspecified atom stereocenters. The molecular formula is C20H21NS. The molecule has 0 N–H and O–H groups in total. The minimum atomic E-state index is 0.143. The van der Waals surface area contributed by atoms with Crippen molar-refractivity contribution in [3.05, 3.63) is 75.7 Å². The summed E-state index contributed by atoms with van der Waals surface area (Å²) >= 11 is 1.60. The van der Waals surface area contributed by atoms with Crippen LogP contribution in [-0.4, -0.2) is 4.98 Å². The smallest absolute Gasteiger partial charge is 0.0791 e. The van der Waals surface area contributed by atoms with Gasteiger partial charge in [0.2, 0.25) is 0 Å². The molecule has 0 atom stereocenters. The number of rotatable bonds is 0. The SMILES string of the molecule is Cc1cc2c(cc1C)C(C)(C)c1ccccc1-2.c1cscn1.